The number of ether oxygens (including phenoxy) is 4. The van der Waals surface area contributed by atoms with Crippen LogP contribution in [0.4, 0.5) is 0 Å². The minimum atomic E-state index is -1.86. The Balaban J connectivity index is 1.74. The third kappa shape index (κ3) is 18.5. The maximum absolute atomic E-state index is 12.6. The Morgan fingerprint density at radius 2 is 1.20 bits per heavy atom. The Morgan fingerprint density at radius 3 is 1.80 bits per heavy atom. The quantitative estimate of drug-likeness (QED) is 0.185. The molecule has 0 aromatic rings. The van der Waals surface area contributed by atoms with E-state index in [2.05, 4.69) is 0 Å². The Labute approximate surface area is 355 Å². The molecule has 14 nitrogen and oxygen atoms in total. The number of ketones is 1. The third-order valence-corrected chi connectivity index (χ3v) is 11.2. The molecule has 0 radical (unpaired) electrons. The first-order valence-corrected chi connectivity index (χ1v) is 21.4. The fourth-order valence-electron chi connectivity index (χ4n) is 7.49. The number of aliphatic hydroxyl groups is 7. The Bertz CT molecular complexity index is 1510. The van der Waals surface area contributed by atoms with Crippen LogP contribution in [0, 0.1) is 11.8 Å². The number of nitrogens with two attached hydrogens (primary N) is 1. The van der Waals surface area contributed by atoms with Crippen LogP contribution in [0.15, 0.2) is 85.1 Å². The maximum atomic E-state index is 12.6. The van der Waals surface area contributed by atoms with E-state index in [1.54, 1.807) is 39.0 Å². The standard InChI is InChI=1S/C46H71NO13/c1-30-19-15-13-11-9-7-5-6-8-10-12-14-16-24-38(59-45-44(55)41(47)43(54)33(4)58-45)27-39-25-37(51)29-46(56,60-39)28-36(50)23-18-21-34(48)20-17-22-35(49)26-40(52)57-32(3)31(2)42(30)53/h5-16,19,24,30-33,35-39,41-45,49-51,53-56H,17-18,20-23,25-29,47H2,1-4H3/b6-5-,9-7-,10-8-,13-11-,14-12-,19-15-,24-16-/t30-,31-,32-,33?,35+,36-,37+,38-,39?,41?,42+,43?,44?,45?,46+/m0/s1. The lowest BCUT2D eigenvalue weighted by Crippen LogP contribution is -2.61. The van der Waals surface area contributed by atoms with E-state index in [9.17, 15) is 45.3 Å². The predicted molar refractivity (Wildman–Crippen MR) is 227 cm³/mol. The summed E-state index contributed by atoms with van der Waals surface area (Å²) in [6.07, 6.45) is 16.8. The van der Waals surface area contributed by atoms with Crippen molar-refractivity contribution in [2.45, 2.75) is 177 Å². The molecule has 3 heterocycles. The molecule has 0 amide bonds. The highest BCUT2D eigenvalue weighted by Crippen LogP contribution is 2.34. The Kier molecular flexibility index (Phi) is 22.5. The lowest BCUT2D eigenvalue weighted by molar-refractivity contribution is -0.297. The lowest BCUT2D eigenvalue weighted by Gasteiger charge is -2.43. The van der Waals surface area contributed by atoms with Gasteiger partial charge in [-0.15, -0.1) is 0 Å². The SMILES string of the molecule is CC1OC(O[C@H]2\C=C/C=C\C=C/C=C\C=C/C=C\C=C/[C@H](C)[C@@H](O)[C@@H](C)[C@H](C)OC(=O)C[C@H](O)CCCC(=O)CCC[C@H](O)C[C@]3(O)C[C@H](O)CC(C2)O3)C(O)C(N)C1O. The number of esters is 1. The van der Waals surface area contributed by atoms with Gasteiger partial charge in [-0.25, -0.2) is 0 Å². The molecule has 2 bridgehead atoms. The monoisotopic (exact) mass is 845 g/mol. The number of rotatable bonds is 2. The molecular weight excluding hydrogens is 775 g/mol. The summed E-state index contributed by atoms with van der Waals surface area (Å²) in [6, 6.07) is -1.01. The third-order valence-electron chi connectivity index (χ3n) is 11.2. The van der Waals surface area contributed by atoms with Gasteiger partial charge in [0.15, 0.2) is 12.1 Å². The summed E-state index contributed by atoms with van der Waals surface area (Å²) >= 11 is 0. The number of fused-ring (bicyclic) bond motifs is 2. The highest BCUT2D eigenvalue weighted by molar-refractivity contribution is 5.78. The molecule has 3 aliphatic heterocycles. The number of aliphatic hydroxyl groups excluding tert-OH is 6. The summed E-state index contributed by atoms with van der Waals surface area (Å²) in [5.74, 6) is -3.08. The number of hydrogen-bond donors (Lipinski definition) is 8. The van der Waals surface area contributed by atoms with Crippen LogP contribution in [0.25, 0.3) is 0 Å². The van der Waals surface area contributed by atoms with Crippen molar-refractivity contribution >= 4 is 11.8 Å². The van der Waals surface area contributed by atoms with Crippen LogP contribution >= 0.6 is 0 Å². The average Bonchev–Trinajstić information content (AvgIpc) is 3.17. The molecule has 0 aromatic carbocycles. The van der Waals surface area contributed by atoms with E-state index in [1.165, 1.54) is 0 Å². The summed E-state index contributed by atoms with van der Waals surface area (Å²) in [5, 5.41) is 75.4. The molecule has 338 valence electrons. The first-order valence-electron chi connectivity index (χ1n) is 21.4. The summed E-state index contributed by atoms with van der Waals surface area (Å²) in [5.41, 5.74) is 6.04. The molecule has 14 heteroatoms. The molecule has 0 saturated carbocycles. The van der Waals surface area contributed by atoms with Gasteiger partial charge in [-0.3, -0.25) is 9.59 Å². The Hall–Kier alpha value is -3.12. The van der Waals surface area contributed by atoms with Crippen molar-refractivity contribution < 1.29 is 64.3 Å². The fourth-order valence-corrected chi connectivity index (χ4v) is 7.49. The minimum absolute atomic E-state index is 0.0615. The van der Waals surface area contributed by atoms with Gasteiger partial charge in [-0.05, 0) is 46.0 Å². The van der Waals surface area contributed by atoms with Gasteiger partial charge in [-0.2, -0.15) is 0 Å². The van der Waals surface area contributed by atoms with Crippen molar-refractivity contribution in [3.05, 3.63) is 85.1 Å². The zero-order chi connectivity index (χ0) is 44.2. The molecule has 60 heavy (non-hydrogen) atoms. The molecule has 3 rings (SSSR count). The van der Waals surface area contributed by atoms with E-state index >= 15 is 0 Å². The highest BCUT2D eigenvalue weighted by Gasteiger charge is 2.44. The van der Waals surface area contributed by atoms with E-state index in [0.717, 1.165) is 0 Å². The minimum Gasteiger partial charge on any atom is -0.462 e. The second kappa shape index (κ2) is 26.4. The van der Waals surface area contributed by atoms with Crippen molar-refractivity contribution in [3.63, 3.8) is 0 Å². The van der Waals surface area contributed by atoms with Crippen molar-refractivity contribution in [2.75, 3.05) is 0 Å². The summed E-state index contributed by atoms with van der Waals surface area (Å²) in [7, 11) is 0. The van der Waals surface area contributed by atoms with Gasteiger partial charge in [0.2, 0.25) is 0 Å². The van der Waals surface area contributed by atoms with Crippen LogP contribution in [0.3, 0.4) is 0 Å². The van der Waals surface area contributed by atoms with Gasteiger partial charge in [-0.1, -0.05) is 98.9 Å². The van der Waals surface area contributed by atoms with Gasteiger partial charge in [0.05, 0.1) is 61.3 Å². The zero-order valence-corrected chi connectivity index (χ0v) is 35.6. The molecule has 0 aliphatic carbocycles. The molecule has 6 unspecified atom stereocenters. The molecule has 0 spiro atoms. The van der Waals surface area contributed by atoms with E-state index in [0.29, 0.717) is 12.8 Å². The van der Waals surface area contributed by atoms with Crippen LogP contribution in [0.5, 0.6) is 0 Å². The molecule has 2 fully saturated rings. The molecular formula is C46H71NO13. The molecule has 0 aromatic heterocycles. The second-order valence-electron chi connectivity index (χ2n) is 16.6. The first kappa shape index (κ1) is 51.2. The topological polar surface area (TPSA) is 239 Å². The number of hydrogen-bond acceptors (Lipinski definition) is 14. The second-order valence-corrected chi connectivity index (χ2v) is 16.6. The van der Waals surface area contributed by atoms with E-state index < -0.39 is 85.1 Å². The maximum Gasteiger partial charge on any atom is 0.308 e. The van der Waals surface area contributed by atoms with Crippen molar-refractivity contribution in [3.8, 4) is 0 Å². The zero-order valence-electron chi connectivity index (χ0n) is 35.6. The van der Waals surface area contributed by atoms with Gasteiger partial charge in [0.25, 0.3) is 0 Å². The molecule has 9 N–H and O–H groups in total. The van der Waals surface area contributed by atoms with Gasteiger partial charge in [0, 0.05) is 43.9 Å². The Morgan fingerprint density at radius 1 is 0.667 bits per heavy atom. The number of Topliss-reactive ketones (excluding diaryl/α,β-unsaturated/α-hetero) is 1. The van der Waals surface area contributed by atoms with Crippen LogP contribution in [0.1, 0.15) is 98.3 Å². The fraction of sp³-hybridized carbons (Fsp3) is 0.652. The summed E-state index contributed by atoms with van der Waals surface area (Å²) in [6.45, 7) is 7.02. The molecule has 3 aliphatic rings. The van der Waals surface area contributed by atoms with Crippen molar-refractivity contribution in [1.82, 2.24) is 0 Å². The lowest BCUT2D eigenvalue weighted by atomic mass is 9.89. The number of cyclic esters (lactones) is 1. The largest absolute Gasteiger partial charge is 0.462 e. The highest BCUT2D eigenvalue weighted by atomic mass is 16.7. The average molecular weight is 846 g/mol. The first-order chi connectivity index (χ1) is 28.5. The number of allylic oxidation sites excluding steroid dienone is 12. The van der Waals surface area contributed by atoms with Crippen molar-refractivity contribution in [2.24, 2.45) is 17.6 Å². The normalized spacial score (nSPS) is 43.4. The van der Waals surface area contributed by atoms with Gasteiger partial charge >= 0.3 is 5.97 Å². The van der Waals surface area contributed by atoms with Crippen molar-refractivity contribution in [1.29, 1.82) is 0 Å². The number of carbonyl (C=O) groups is 2. The van der Waals surface area contributed by atoms with E-state index in [-0.39, 0.29) is 75.4 Å². The molecule has 2 saturated heterocycles. The van der Waals surface area contributed by atoms with Crippen LogP contribution < -0.4 is 5.73 Å². The predicted octanol–water partition coefficient (Wildman–Crippen LogP) is 3.67. The van der Waals surface area contributed by atoms with Crippen LogP contribution in [-0.2, 0) is 28.5 Å². The van der Waals surface area contributed by atoms with E-state index in [1.807, 2.05) is 73.8 Å². The smallest absolute Gasteiger partial charge is 0.308 e. The summed E-state index contributed by atoms with van der Waals surface area (Å²) < 4.78 is 23.5. The van der Waals surface area contributed by atoms with Crippen LogP contribution in [-0.4, -0.2) is 127 Å². The number of carbonyl (C=O) groups excluding carboxylic acids is 2. The molecule has 15 atom stereocenters. The summed E-state index contributed by atoms with van der Waals surface area (Å²) in [4.78, 5) is 25.1. The van der Waals surface area contributed by atoms with Gasteiger partial charge < -0.3 is 60.4 Å². The van der Waals surface area contributed by atoms with E-state index in [4.69, 9.17) is 24.7 Å². The van der Waals surface area contributed by atoms with Crippen LogP contribution in [0.2, 0.25) is 0 Å². The van der Waals surface area contributed by atoms with Gasteiger partial charge in [0.1, 0.15) is 18.0 Å².